The van der Waals surface area contributed by atoms with Gasteiger partial charge in [-0.15, -0.1) is 0 Å². The van der Waals surface area contributed by atoms with Crippen LogP contribution < -0.4 is 5.32 Å². The van der Waals surface area contributed by atoms with E-state index >= 15 is 0 Å². The van der Waals surface area contributed by atoms with Crippen molar-refractivity contribution in [2.75, 3.05) is 13.2 Å². The van der Waals surface area contributed by atoms with E-state index in [1.54, 1.807) is 6.20 Å². The number of nitrogens with one attached hydrogen (secondary N) is 2. The van der Waals surface area contributed by atoms with E-state index in [0.717, 1.165) is 51.1 Å². The fourth-order valence-electron chi connectivity index (χ4n) is 2.61. The van der Waals surface area contributed by atoms with Gasteiger partial charge in [-0.05, 0) is 12.8 Å². The van der Waals surface area contributed by atoms with Gasteiger partial charge in [0.05, 0.1) is 25.1 Å². The van der Waals surface area contributed by atoms with Gasteiger partial charge < -0.3 is 14.8 Å². The van der Waals surface area contributed by atoms with Gasteiger partial charge in [0, 0.05) is 25.4 Å². The van der Waals surface area contributed by atoms with Crippen LogP contribution in [0.5, 0.6) is 0 Å². The minimum atomic E-state index is -0.258. The van der Waals surface area contributed by atoms with Gasteiger partial charge >= 0.3 is 0 Å². The van der Waals surface area contributed by atoms with Crippen LogP contribution in [0, 0.1) is 0 Å². The first-order valence-corrected chi connectivity index (χ1v) is 6.22. The van der Waals surface area contributed by atoms with Gasteiger partial charge in [-0.2, -0.15) is 15.4 Å². The zero-order valence-electron chi connectivity index (χ0n) is 9.82. The monoisotopic (exact) mass is 238 g/mol. The number of aromatic amines is 1. The molecule has 1 aliphatic heterocycles. The van der Waals surface area contributed by atoms with E-state index in [-0.39, 0.29) is 5.79 Å². The molecule has 0 amide bonds. The molecule has 0 unspecified atom stereocenters. The Hall–Kier alpha value is -0.980. The summed E-state index contributed by atoms with van der Waals surface area (Å²) in [7, 11) is 0. The number of H-pyrrole nitrogens is 1. The van der Waals surface area contributed by atoms with Crippen LogP contribution in [0.1, 0.15) is 31.4 Å². The predicted molar refractivity (Wildman–Crippen MR) is 60.1 cm³/mol. The molecular formula is C11H18N4O2. The van der Waals surface area contributed by atoms with Gasteiger partial charge in [0.1, 0.15) is 0 Å². The Labute approximate surface area is 100 Å². The maximum absolute atomic E-state index is 5.70. The zero-order valence-corrected chi connectivity index (χ0v) is 9.82. The van der Waals surface area contributed by atoms with Crippen LogP contribution in [0.4, 0.5) is 0 Å². The molecule has 94 valence electrons. The fourth-order valence-corrected chi connectivity index (χ4v) is 2.61. The van der Waals surface area contributed by atoms with Crippen molar-refractivity contribution in [3.63, 3.8) is 0 Å². The Morgan fingerprint density at radius 2 is 2.12 bits per heavy atom. The third-order valence-electron chi connectivity index (χ3n) is 3.60. The Bertz CT molecular complexity index is 338. The molecular weight excluding hydrogens is 220 g/mol. The fraction of sp³-hybridized carbons (Fsp3) is 0.818. The molecule has 0 atom stereocenters. The van der Waals surface area contributed by atoms with E-state index in [0.29, 0.717) is 6.04 Å². The van der Waals surface area contributed by atoms with Gasteiger partial charge in [-0.1, -0.05) is 0 Å². The average molecular weight is 238 g/mol. The third-order valence-corrected chi connectivity index (χ3v) is 3.60. The molecule has 2 N–H and O–H groups in total. The molecule has 1 saturated heterocycles. The largest absolute Gasteiger partial charge is 0.348 e. The minimum absolute atomic E-state index is 0.258. The van der Waals surface area contributed by atoms with Crippen LogP contribution in [0.25, 0.3) is 0 Å². The van der Waals surface area contributed by atoms with Crippen molar-refractivity contribution in [3.05, 3.63) is 11.9 Å². The van der Waals surface area contributed by atoms with E-state index in [4.69, 9.17) is 9.47 Å². The molecule has 0 bridgehead atoms. The maximum Gasteiger partial charge on any atom is 0.168 e. The molecule has 6 nitrogen and oxygen atoms in total. The van der Waals surface area contributed by atoms with Gasteiger partial charge in [-0.25, -0.2) is 0 Å². The number of aromatic nitrogens is 3. The molecule has 1 aliphatic carbocycles. The first-order chi connectivity index (χ1) is 8.36. The lowest BCUT2D eigenvalue weighted by Gasteiger charge is -2.35. The highest BCUT2D eigenvalue weighted by Gasteiger charge is 2.40. The van der Waals surface area contributed by atoms with E-state index in [1.165, 1.54) is 0 Å². The second kappa shape index (κ2) is 4.72. The Morgan fingerprint density at radius 3 is 2.76 bits per heavy atom. The van der Waals surface area contributed by atoms with Crippen LogP contribution in [0.15, 0.2) is 6.20 Å². The van der Waals surface area contributed by atoms with Crippen molar-refractivity contribution >= 4 is 0 Å². The van der Waals surface area contributed by atoms with E-state index in [9.17, 15) is 0 Å². The summed E-state index contributed by atoms with van der Waals surface area (Å²) >= 11 is 0. The second-order valence-electron chi connectivity index (χ2n) is 4.72. The molecule has 1 spiro atoms. The van der Waals surface area contributed by atoms with Crippen LogP contribution in [-0.4, -0.2) is 40.5 Å². The summed E-state index contributed by atoms with van der Waals surface area (Å²) in [6.07, 6.45) is 5.92. The lowest BCUT2D eigenvalue weighted by atomic mass is 9.90. The molecule has 3 rings (SSSR count). The molecule has 2 heterocycles. The number of ether oxygens (including phenoxy) is 2. The van der Waals surface area contributed by atoms with E-state index in [2.05, 4.69) is 20.7 Å². The molecule has 0 radical (unpaired) electrons. The summed E-state index contributed by atoms with van der Waals surface area (Å²) in [6, 6.07) is 0.533. The van der Waals surface area contributed by atoms with Crippen molar-refractivity contribution in [1.82, 2.24) is 20.7 Å². The minimum Gasteiger partial charge on any atom is -0.348 e. The summed E-state index contributed by atoms with van der Waals surface area (Å²) < 4.78 is 11.4. The molecule has 2 fully saturated rings. The lowest BCUT2D eigenvalue weighted by molar-refractivity contribution is -0.179. The van der Waals surface area contributed by atoms with E-state index < -0.39 is 0 Å². The van der Waals surface area contributed by atoms with Gasteiger partial charge in [0.2, 0.25) is 0 Å². The van der Waals surface area contributed by atoms with Crippen molar-refractivity contribution in [2.24, 2.45) is 0 Å². The third kappa shape index (κ3) is 2.48. The number of nitrogens with zero attached hydrogens (tertiary/aromatic N) is 2. The topological polar surface area (TPSA) is 72.1 Å². The average Bonchev–Trinajstić information content (AvgIpc) is 3.01. The lowest BCUT2D eigenvalue weighted by Crippen LogP contribution is -2.41. The molecule has 2 aliphatic rings. The predicted octanol–water partition coefficient (Wildman–Crippen LogP) is 0.580. The van der Waals surface area contributed by atoms with Crippen molar-refractivity contribution in [3.8, 4) is 0 Å². The number of hydrogen-bond donors (Lipinski definition) is 2. The standard InChI is InChI=1S/C11H18N4O2/c1-3-11(16-5-6-17-11)4-2-9(1)12-7-10-8-13-15-14-10/h8-9,12H,1-7H2,(H,13,14,15). The highest BCUT2D eigenvalue weighted by atomic mass is 16.7. The zero-order chi connectivity index (χ0) is 11.6. The molecule has 6 heteroatoms. The van der Waals surface area contributed by atoms with Crippen molar-refractivity contribution in [1.29, 1.82) is 0 Å². The summed E-state index contributed by atoms with van der Waals surface area (Å²) in [5.41, 5.74) is 0.957. The molecule has 1 saturated carbocycles. The van der Waals surface area contributed by atoms with Crippen molar-refractivity contribution < 1.29 is 9.47 Å². The SMILES string of the molecule is c1n[nH]nc1CNC1CCC2(CC1)OCCO2. The number of hydrogen-bond acceptors (Lipinski definition) is 5. The Balaban J connectivity index is 1.45. The first kappa shape index (κ1) is 11.1. The molecule has 17 heavy (non-hydrogen) atoms. The first-order valence-electron chi connectivity index (χ1n) is 6.22. The Morgan fingerprint density at radius 1 is 1.35 bits per heavy atom. The van der Waals surface area contributed by atoms with Gasteiger partial charge in [0.15, 0.2) is 5.79 Å². The van der Waals surface area contributed by atoms with Gasteiger partial charge in [-0.3, -0.25) is 0 Å². The summed E-state index contributed by atoms with van der Waals surface area (Å²) in [5.74, 6) is -0.258. The van der Waals surface area contributed by atoms with Crippen LogP contribution in [-0.2, 0) is 16.0 Å². The van der Waals surface area contributed by atoms with Gasteiger partial charge in [0.25, 0.3) is 0 Å². The number of rotatable bonds is 3. The molecule has 1 aromatic heterocycles. The second-order valence-corrected chi connectivity index (χ2v) is 4.72. The normalized spacial score (nSPS) is 24.5. The van der Waals surface area contributed by atoms with Crippen LogP contribution in [0.2, 0.25) is 0 Å². The molecule has 1 aromatic rings. The maximum atomic E-state index is 5.70. The van der Waals surface area contributed by atoms with Crippen LogP contribution >= 0.6 is 0 Å². The quantitative estimate of drug-likeness (QED) is 0.806. The summed E-state index contributed by atoms with van der Waals surface area (Å²) in [4.78, 5) is 0. The Kier molecular flexibility index (Phi) is 3.09. The summed E-state index contributed by atoms with van der Waals surface area (Å²) in [5, 5.41) is 13.9. The smallest absolute Gasteiger partial charge is 0.168 e. The summed E-state index contributed by atoms with van der Waals surface area (Å²) in [6.45, 7) is 2.27. The molecule has 0 aromatic carbocycles. The van der Waals surface area contributed by atoms with Crippen LogP contribution in [0.3, 0.4) is 0 Å². The van der Waals surface area contributed by atoms with E-state index in [1.807, 2.05) is 0 Å². The van der Waals surface area contributed by atoms with Crippen molar-refractivity contribution in [2.45, 2.75) is 44.1 Å². The highest BCUT2D eigenvalue weighted by Crippen LogP contribution is 2.35. The highest BCUT2D eigenvalue weighted by molar-refractivity contribution is 4.92.